The number of rotatable bonds is 1. The fourth-order valence-corrected chi connectivity index (χ4v) is 3.06. The van der Waals surface area contributed by atoms with Crippen LogP contribution in [0, 0.1) is 13.8 Å². The van der Waals surface area contributed by atoms with Gasteiger partial charge in [0.1, 0.15) is 5.82 Å². The van der Waals surface area contributed by atoms with Gasteiger partial charge < -0.3 is 4.90 Å². The molecular formula is C17H16N4O. The van der Waals surface area contributed by atoms with Crippen LogP contribution in [-0.4, -0.2) is 32.5 Å². The van der Waals surface area contributed by atoms with Crippen LogP contribution in [0.3, 0.4) is 0 Å². The zero-order valence-corrected chi connectivity index (χ0v) is 12.8. The smallest absolute Gasteiger partial charge is 0.254 e. The van der Waals surface area contributed by atoms with Gasteiger partial charge in [0.25, 0.3) is 5.91 Å². The van der Waals surface area contributed by atoms with Crippen molar-refractivity contribution < 1.29 is 4.79 Å². The lowest BCUT2D eigenvalue weighted by atomic mass is 10.0. The van der Waals surface area contributed by atoms with E-state index in [1.807, 2.05) is 43.7 Å². The predicted molar refractivity (Wildman–Crippen MR) is 83.7 cm³/mol. The normalized spacial score (nSPS) is 14.0. The van der Waals surface area contributed by atoms with Crippen LogP contribution in [0.15, 0.2) is 30.5 Å². The minimum atomic E-state index is 0.0973. The molecule has 0 radical (unpaired) electrons. The number of hydrogen-bond acceptors (Lipinski definition) is 3. The highest BCUT2D eigenvalue weighted by Gasteiger charge is 2.24. The third-order valence-corrected chi connectivity index (χ3v) is 4.15. The molecule has 0 fully saturated rings. The van der Waals surface area contributed by atoms with Gasteiger partial charge in [0.15, 0.2) is 5.65 Å². The Morgan fingerprint density at radius 2 is 1.95 bits per heavy atom. The number of fused-ring (bicyclic) bond motifs is 2. The van der Waals surface area contributed by atoms with Crippen LogP contribution in [0.1, 0.15) is 27.3 Å². The topological polar surface area (TPSA) is 50.5 Å². The molecule has 0 unspecified atom stereocenters. The molecule has 110 valence electrons. The van der Waals surface area contributed by atoms with E-state index in [4.69, 9.17) is 0 Å². The zero-order valence-electron chi connectivity index (χ0n) is 12.8. The first-order valence-corrected chi connectivity index (χ1v) is 7.25. The molecule has 0 saturated carbocycles. The summed E-state index contributed by atoms with van der Waals surface area (Å²) in [6, 6.07) is 8.13. The predicted octanol–water partition coefficient (Wildman–Crippen LogP) is 2.60. The number of benzene rings is 1. The number of aromatic nitrogens is 3. The minimum Gasteiger partial charge on any atom is -0.337 e. The molecule has 4 rings (SSSR count). The molecule has 0 spiro atoms. The third-order valence-electron chi connectivity index (χ3n) is 4.15. The summed E-state index contributed by atoms with van der Waals surface area (Å²) in [5, 5.41) is 4.40. The van der Waals surface area contributed by atoms with Crippen LogP contribution in [0.4, 0.5) is 0 Å². The van der Waals surface area contributed by atoms with Crippen molar-refractivity contribution in [3.63, 3.8) is 0 Å². The Hall–Kier alpha value is -2.69. The number of amides is 1. The highest BCUT2D eigenvalue weighted by atomic mass is 16.2. The lowest BCUT2D eigenvalue weighted by Crippen LogP contribution is -2.17. The summed E-state index contributed by atoms with van der Waals surface area (Å²) < 4.78 is 1.82. The van der Waals surface area contributed by atoms with Crippen LogP contribution in [0.2, 0.25) is 0 Å². The van der Waals surface area contributed by atoms with E-state index in [0.29, 0.717) is 6.54 Å². The molecule has 0 atom stereocenters. The quantitative estimate of drug-likeness (QED) is 0.692. The Morgan fingerprint density at radius 1 is 1.14 bits per heavy atom. The summed E-state index contributed by atoms with van der Waals surface area (Å²) >= 11 is 0. The summed E-state index contributed by atoms with van der Waals surface area (Å²) in [5.41, 5.74) is 6.04. The van der Waals surface area contributed by atoms with Gasteiger partial charge in [-0.1, -0.05) is 6.07 Å². The molecule has 3 heterocycles. The second-order valence-corrected chi connectivity index (χ2v) is 5.87. The molecular weight excluding hydrogens is 276 g/mol. The van der Waals surface area contributed by atoms with E-state index >= 15 is 0 Å². The van der Waals surface area contributed by atoms with Crippen LogP contribution >= 0.6 is 0 Å². The largest absolute Gasteiger partial charge is 0.337 e. The maximum Gasteiger partial charge on any atom is 0.254 e. The van der Waals surface area contributed by atoms with Gasteiger partial charge in [-0.05, 0) is 48.7 Å². The number of aryl methyl sites for hydroxylation is 2. The fraction of sp³-hybridized carbons (Fsp3) is 0.235. The van der Waals surface area contributed by atoms with Gasteiger partial charge in [-0.25, -0.2) is 9.50 Å². The summed E-state index contributed by atoms with van der Waals surface area (Å²) in [7, 11) is 1.83. The first-order chi connectivity index (χ1) is 10.5. The van der Waals surface area contributed by atoms with E-state index in [1.165, 1.54) is 0 Å². The maximum atomic E-state index is 12.0. The Labute approximate surface area is 128 Å². The van der Waals surface area contributed by atoms with Gasteiger partial charge in [0.05, 0.1) is 0 Å². The van der Waals surface area contributed by atoms with E-state index in [-0.39, 0.29) is 5.91 Å². The van der Waals surface area contributed by atoms with E-state index in [2.05, 4.69) is 22.2 Å². The van der Waals surface area contributed by atoms with Gasteiger partial charge >= 0.3 is 0 Å². The molecule has 0 aliphatic carbocycles. The summed E-state index contributed by atoms with van der Waals surface area (Å²) in [4.78, 5) is 18.1. The molecule has 5 heteroatoms. The molecule has 1 aliphatic heterocycles. The molecule has 2 aromatic heterocycles. The third kappa shape index (κ3) is 1.82. The van der Waals surface area contributed by atoms with Crippen molar-refractivity contribution in [3.05, 3.63) is 53.0 Å². The van der Waals surface area contributed by atoms with Gasteiger partial charge in [0, 0.05) is 30.9 Å². The van der Waals surface area contributed by atoms with Crippen molar-refractivity contribution in [3.8, 4) is 11.1 Å². The first kappa shape index (κ1) is 13.0. The molecule has 1 aromatic carbocycles. The Kier molecular flexibility index (Phi) is 2.60. The standard InChI is InChI=1S/C17H16N4O/c1-10-6-13(9-21-16(10)18-11(2)19-21)12-4-5-15-14(7-12)8-20(3)17(15)22/h4-7,9H,8H2,1-3H3. The lowest BCUT2D eigenvalue weighted by Gasteiger charge is -2.06. The van der Waals surface area contributed by atoms with E-state index in [9.17, 15) is 4.79 Å². The lowest BCUT2D eigenvalue weighted by molar-refractivity contribution is 0.0816. The molecule has 1 amide bonds. The molecule has 0 saturated heterocycles. The number of hydrogen-bond donors (Lipinski definition) is 0. The van der Waals surface area contributed by atoms with E-state index < -0.39 is 0 Å². The van der Waals surface area contributed by atoms with Crippen LogP contribution < -0.4 is 0 Å². The van der Waals surface area contributed by atoms with E-state index in [0.717, 1.165) is 39.3 Å². The SMILES string of the molecule is Cc1nc2c(C)cc(-c3ccc4c(c3)CN(C)C4=O)cn2n1. The summed E-state index contributed by atoms with van der Waals surface area (Å²) in [6.45, 7) is 4.60. The van der Waals surface area contributed by atoms with Crippen molar-refractivity contribution in [2.45, 2.75) is 20.4 Å². The number of nitrogens with zero attached hydrogens (tertiary/aromatic N) is 4. The van der Waals surface area contributed by atoms with Crippen molar-refractivity contribution >= 4 is 11.6 Å². The summed E-state index contributed by atoms with van der Waals surface area (Å²) in [5.74, 6) is 0.863. The fourth-order valence-electron chi connectivity index (χ4n) is 3.06. The highest BCUT2D eigenvalue weighted by Crippen LogP contribution is 2.28. The van der Waals surface area contributed by atoms with Crippen molar-refractivity contribution in [2.24, 2.45) is 0 Å². The van der Waals surface area contributed by atoms with Crippen LogP contribution in [0.25, 0.3) is 16.8 Å². The Bertz CT molecular complexity index is 926. The molecule has 0 N–H and O–H groups in total. The van der Waals surface area contributed by atoms with E-state index in [1.54, 1.807) is 4.90 Å². The zero-order chi connectivity index (χ0) is 15.4. The number of carbonyl (C=O) groups excluding carboxylic acids is 1. The second-order valence-electron chi connectivity index (χ2n) is 5.87. The Morgan fingerprint density at radius 3 is 2.77 bits per heavy atom. The van der Waals surface area contributed by atoms with Crippen molar-refractivity contribution in [2.75, 3.05) is 7.05 Å². The van der Waals surface area contributed by atoms with Crippen molar-refractivity contribution in [1.29, 1.82) is 0 Å². The molecule has 1 aliphatic rings. The summed E-state index contributed by atoms with van der Waals surface area (Å²) in [6.07, 6.45) is 1.99. The maximum absolute atomic E-state index is 12.0. The Balaban J connectivity index is 1.86. The number of pyridine rings is 1. The van der Waals surface area contributed by atoms with Gasteiger partial charge in [-0.3, -0.25) is 4.79 Å². The second kappa shape index (κ2) is 4.40. The first-order valence-electron chi connectivity index (χ1n) is 7.25. The molecule has 5 nitrogen and oxygen atoms in total. The molecule has 3 aromatic rings. The minimum absolute atomic E-state index is 0.0973. The number of carbonyl (C=O) groups is 1. The molecule has 22 heavy (non-hydrogen) atoms. The van der Waals surface area contributed by atoms with Gasteiger partial charge in [-0.2, -0.15) is 5.10 Å². The van der Waals surface area contributed by atoms with Crippen LogP contribution in [-0.2, 0) is 6.54 Å². The highest BCUT2D eigenvalue weighted by molar-refractivity contribution is 5.98. The van der Waals surface area contributed by atoms with Gasteiger partial charge in [-0.15, -0.1) is 0 Å². The van der Waals surface area contributed by atoms with Crippen molar-refractivity contribution in [1.82, 2.24) is 19.5 Å². The average molecular weight is 292 g/mol. The molecule has 0 bridgehead atoms. The monoisotopic (exact) mass is 292 g/mol. The average Bonchev–Trinajstić information content (AvgIpc) is 2.99. The van der Waals surface area contributed by atoms with Gasteiger partial charge in [0.2, 0.25) is 0 Å². The van der Waals surface area contributed by atoms with Crippen LogP contribution in [0.5, 0.6) is 0 Å².